The fraction of sp³-hybridized carbons (Fsp3) is 0.594. The van der Waals surface area contributed by atoms with Crippen LogP contribution in [0.15, 0.2) is 36.5 Å². The number of hydrogen-bond acceptors (Lipinski definition) is 7. The molecule has 1 amide bonds. The van der Waals surface area contributed by atoms with Gasteiger partial charge in [-0.3, -0.25) is 4.90 Å². The van der Waals surface area contributed by atoms with Gasteiger partial charge in [-0.05, 0) is 42.4 Å². The number of amides is 1. The van der Waals surface area contributed by atoms with E-state index < -0.39 is 47.6 Å². The van der Waals surface area contributed by atoms with Gasteiger partial charge in [0.1, 0.15) is 17.6 Å². The maximum atomic E-state index is 13.7. The highest BCUT2D eigenvalue weighted by Crippen LogP contribution is 2.49. The summed E-state index contributed by atoms with van der Waals surface area (Å²) in [5.41, 5.74) is 2.33. The van der Waals surface area contributed by atoms with Crippen LogP contribution in [-0.4, -0.2) is 66.4 Å². The summed E-state index contributed by atoms with van der Waals surface area (Å²) >= 11 is 0. The van der Waals surface area contributed by atoms with Gasteiger partial charge in [0.25, 0.3) is 0 Å². The summed E-state index contributed by atoms with van der Waals surface area (Å²) < 4.78 is 11.4. The number of pyridine rings is 1. The quantitative estimate of drug-likeness (QED) is 0.422. The van der Waals surface area contributed by atoms with E-state index in [1.807, 2.05) is 58.0 Å². The average molecular weight is 569 g/mol. The van der Waals surface area contributed by atoms with Crippen molar-refractivity contribution >= 4 is 17.9 Å². The van der Waals surface area contributed by atoms with Crippen LogP contribution < -0.4 is 15.0 Å². The minimum Gasteiger partial charge on any atom is -0.496 e. The number of carboxylic acids is 1. The van der Waals surface area contributed by atoms with Gasteiger partial charge in [-0.15, -0.1) is 0 Å². The maximum Gasteiger partial charge on any atom is 0.411 e. The number of ether oxygens (including phenoxy) is 2. The van der Waals surface area contributed by atoms with Gasteiger partial charge in [-0.1, -0.05) is 59.7 Å². The standard InChI is InChI=1S/C32H48N4O5/c1-19(2)41-30(39)36-26(22-13-12-16-33-28(22)35(9)10)25(24(32(6,7)8)27(36)29(37)38)34-18-20-17-21(31(3,4)5)14-15-23(20)40-11/h12-17,19,24-27,34H,18H2,1-11H3,(H,37,38)/t24-,25-,26-,27-/m0/s1. The molecule has 9 nitrogen and oxygen atoms in total. The van der Waals surface area contributed by atoms with Crippen molar-refractivity contribution in [3.8, 4) is 5.75 Å². The van der Waals surface area contributed by atoms with Gasteiger partial charge in [0, 0.05) is 49.9 Å². The lowest BCUT2D eigenvalue weighted by Crippen LogP contribution is -2.48. The number of likely N-dealkylation sites (tertiary alicyclic amines) is 1. The summed E-state index contributed by atoms with van der Waals surface area (Å²) in [6, 6.07) is 7.70. The summed E-state index contributed by atoms with van der Waals surface area (Å²) in [5, 5.41) is 14.3. The number of carbonyl (C=O) groups is 2. The molecule has 1 saturated heterocycles. The van der Waals surface area contributed by atoms with Crippen LogP contribution in [0.25, 0.3) is 0 Å². The van der Waals surface area contributed by atoms with Crippen LogP contribution in [0.5, 0.6) is 5.75 Å². The molecule has 0 radical (unpaired) electrons. The molecular formula is C32H48N4O5. The Morgan fingerprint density at radius 3 is 2.29 bits per heavy atom. The molecule has 1 aromatic heterocycles. The number of aliphatic carboxylic acids is 1. The van der Waals surface area contributed by atoms with Crippen LogP contribution >= 0.6 is 0 Å². The summed E-state index contributed by atoms with van der Waals surface area (Å²) in [7, 11) is 5.42. The normalized spacial score (nSPS) is 21.2. The minimum atomic E-state index is -1.12. The highest BCUT2D eigenvalue weighted by Gasteiger charge is 2.59. The zero-order valence-corrected chi connectivity index (χ0v) is 26.5. The SMILES string of the molecule is COc1ccc(C(C)(C)C)cc1CN[C@H]1[C@H](C(C)(C)C)[C@@H](C(=O)O)N(C(=O)OC(C)C)[C@H]1c1cccnc1N(C)C. The Hall–Kier alpha value is -3.33. The van der Waals surface area contributed by atoms with Crippen molar-refractivity contribution in [2.45, 2.75) is 91.6 Å². The number of aromatic nitrogens is 1. The van der Waals surface area contributed by atoms with Gasteiger partial charge in [0.2, 0.25) is 0 Å². The number of anilines is 1. The molecule has 1 fully saturated rings. The molecule has 4 atom stereocenters. The van der Waals surface area contributed by atoms with Gasteiger partial charge in [0.05, 0.1) is 19.3 Å². The number of carbonyl (C=O) groups excluding carboxylic acids is 1. The first kappa shape index (κ1) is 32.2. The van der Waals surface area contributed by atoms with Crippen LogP contribution in [0.1, 0.15) is 78.1 Å². The molecule has 1 aliphatic rings. The first-order valence-electron chi connectivity index (χ1n) is 14.2. The lowest BCUT2D eigenvalue weighted by atomic mass is 9.72. The molecule has 0 aliphatic carbocycles. The first-order chi connectivity index (χ1) is 19.0. The zero-order valence-electron chi connectivity index (χ0n) is 26.5. The zero-order chi connectivity index (χ0) is 30.9. The Kier molecular flexibility index (Phi) is 9.63. The second-order valence-corrected chi connectivity index (χ2v) is 13.5. The maximum absolute atomic E-state index is 13.7. The van der Waals surface area contributed by atoms with Crippen LogP contribution in [0.3, 0.4) is 0 Å². The van der Waals surface area contributed by atoms with Crippen molar-refractivity contribution in [3.63, 3.8) is 0 Å². The molecule has 0 spiro atoms. The molecule has 226 valence electrons. The third kappa shape index (κ3) is 6.94. The molecule has 0 saturated carbocycles. The van der Waals surface area contributed by atoms with E-state index in [0.29, 0.717) is 12.4 Å². The van der Waals surface area contributed by atoms with Gasteiger partial charge in [0.15, 0.2) is 0 Å². The van der Waals surface area contributed by atoms with Crippen LogP contribution in [0.2, 0.25) is 0 Å². The number of benzene rings is 1. The fourth-order valence-electron chi connectivity index (χ4n) is 5.89. The van der Waals surface area contributed by atoms with Crippen molar-refractivity contribution in [2.75, 3.05) is 26.1 Å². The highest BCUT2D eigenvalue weighted by molar-refractivity contribution is 5.82. The Labute approximate surface area is 245 Å². The van der Waals surface area contributed by atoms with E-state index in [0.717, 1.165) is 22.4 Å². The van der Waals surface area contributed by atoms with Gasteiger partial charge >= 0.3 is 12.1 Å². The number of carboxylic acid groups (broad SMARTS) is 1. The van der Waals surface area contributed by atoms with Crippen molar-refractivity contribution in [1.82, 2.24) is 15.2 Å². The van der Waals surface area contributed by atoms with E-state index in [1.54, 1.807) is 27.2 Å². The Morgan fingerprint density at radius 1 is 1.12 bits per heavy atom. The third-order valence-electron chi connectivity index (χ3n) is 7.70. The number of nitrogens with zero attached hydrogens (tertiary/aromatic N) is 3. The Morgan fingerprint density at radius 2 is 1.78 bits per heavy atom. The summed E-state index contributed by atoms with van der Waals surface area (Å²) in [6.45, 7) is 16.5. The highest BCUT2D eigenvalue weighted by atomic mass is 16.6. The molecule has 2 N–H and O–H groups in total. The van der Waals surface area contributed by atoms with E-state index in [-0.39, 0.29) is 5.41 Å². The molecular weight excluding hydrogens is 520 g/mol. The smallest absolute Gasteiger partial charge is 0.411 e. The predicted molar refractivity (Wildman–Crippen MR) is 161 cm³/mol. The number of methoxy groups -OCH3 is 1. The molecule has 2 aromatic rings. The molecule has 41 heavy (non-hydrogen) atoms. The van der Waals surface area contributed by atoms with E-state index in [2.05, 4.69) is 43.2 Å². The second-order valence-electron chi connectivity index (χ2n) is 13.5. The molecule has 2 heterocycles. The Balaban J connectivity index is 2.24. The van der Waals surface area contributed by atoms with E-state index in [9.17, 15) is 14.7 Å². The van der Waals surface area contributed by atoms with Crippen molar-refractivity contribution < 1.29 is 24.2 Å². The van der Waals surface area contributed by atoms with Gasteiger partial charge in [-0.25, -0.2) is 14.6 Å². The third-order valence-corrected chi connectivity index (χ3v) is 7.70. The molecule has 3 rings (SSSR count). The van der Waals surface area contributed by atoms with E-state index >= 15 is 0 Å². The molecule has 1 aliphatic heterocycles. The molecule has 9 heteroatoms. The van der Waals surface area contributed by atoms with Gasteiger partial charge in [-0.2, -0.15) is 0 Å². The molecule has 1 aromatic carbocycles. The van der Waals surface area contributed by atoms with Crippen molar-refractivity contribution in [1.29, 1.82) is 0 Å². The lowest BCUT2D eigenvalue weighted by molar-refractivity contribution is -0.144. The lowest BCUT2D eigenvalue weighted by Gasteiger charge is -2.35. The summed E-state index contributed by atoms with van der Waals surface area (Å²) in [4.78, 5) is 34.7. The van der Waals surface area contributed by atoms with Gasteiger partial charge < -0.3 is 24.8 Å². The monoisotopic (exact) mass is 568 g/mol. The largest absolute Gasteiger partial charge is 0.496 e. The average Bonchev–Trinajstić information content (AvgIpc) is 3.22. The minimum absolute atomic E-state index is 0.0625. The van der Waals surface area contributed by atoms with Crippen molar-refractivity contribution in [3.05, 3.63) is 53.2 Å². The fourth-order valence-corrected chi connectivity index (χ4v) is 5.89. The predicted octanol–water partition coefficient (Wildman–Crippen LogP) is 5.63. The molecule has 0 unspecified atom stereocenters. The molecule has 0 bridgehead atoms. The van der Waals surface area contributed by atoms with Crippen LogP contribution in [-0.2, 0) is 21.5 Å². The second kappa shape index (κ2) is 12.3. The topological polar surface area (TPSA) is 104 Å². The Bertz CT molecular complexity index is 1230. The van der Waals surface area contributed by atoms with E-state index in [1.165, 1.54) is 4.90 Å². The summed E-state index contributed by atoms with van der Waals surface area (Å²) in [6.07, 6.45) is 0.632. The first-order valence-corrected chi connectivity index (χ1v) is 14.2. The van der Waals surface area contributed by atoms with Crippen LogP contribution in [0.4, 0.5) is 10.6 Å². The number of hydrogen-bond donors (Lipinski definition) is 2. The number of nitrogens with one attached hydrogen (secondary N) is 1. The van der Waals surface area contributed by atoms with Crippen LogP contribution in [0, 0.1) is 11.3 Å². The summed E-state index contributed by atoms with van der Waals surface area (Å²) in [5.74, 6) is -0.120. The van der Waals surface area contributed by atoms with E-state index in [4.69, 9.17) is 9.47 Å². The number of rotatable bonds is 8. The van der Waals surface area contributed by atoms with Crippen molar-refractivity contribution in [2.24, 2.45) is 11.3 Å².